The van der Waals surface area contributed by atoms with Crippen LogP contribution in [0, 0.1) is 6.92 Å². The lowest BCUT2D eigenvalue weighted by atomic mass is 10.0. The van der Waals surface area contributed by atoms with Crippen LogP contribution in [-0.2, 0) is 22.0 Å². The van der Waals surface area contributed by atoms with Gasteiger partial charge >= 0.3 is 0 Å². The summed E-state index contributed by atoms with van der Waals surface area (Å²) in [6.45, 7) is 3.75. The Bertz CT molecular complexity index is 1570. The number of aromatic nitrogens is 4. The van der Waals surface area contributed by atoms with E-state index in [0.717, 1.165) is 6.42 Å². The van der Waals surface area contributed by atoms with Gasteiger partial charge in [-0.25, -0.2) is 8.42 Å². The van der Waals surface area contributed by atoms with Gasteiger partial charge in [0.2, 0.25) is 5.82 Å². The molecule has 0 radical (unpaired) electrons. The molecular weight excluding hydrogens is 524 g/mol. The maximum absolute atomic E-state index is 13.7. The van der Waals surface area contributed by atoms with Gasteiger partial charge in [0.25, 0.3) is 0 Å². The van der Waals surface area contributed by atoms with Crippen molar-refractivity contribution in [2.45, 2.75) is 43.8 Å². The summed E-state index contributed by atoms with van der Waals surface area (Å²) < 4.78 is 51.8. The van der Waals surface area contributed by atoms with Gasteiger partial charge in [-0.05, 0) is 57.0 Å². The van der Waals surface area contributed by atoms with Crippen LogP contribution >= 0.6 is 0 Å². The van der Waals surface area contributed by atoms with E-state index in [1.807, 2.05) is 0 Å². The molecule has 0 fully saturated rings. The Morgan fingerprint density at radius 3 is 2.51 bits per heavy atom. The molecule has 1 aliphatic rings. The molecule has 1 aromatic carbocycles. The van der Waals surface area contributed by atoms with Gasteiger partial charge < -0.3 is 23.7 Å². The monoisotopic (exact) mass is 554 g/mol. The summed E-state index contributed by atoms with van der Waals surface area (Å²) >= 11 is 0. The normalized spacial score (nSPS) is 14.8. The van der Waals surface area contributed by atoms with Crippen molar-refractivity contribution in [3.8, 4) is 34.5 Å². The summed E-state index contributed by atoms with van der Waals surface area (Å²) in [6.07, 6.45) is 1.74. The minimum Gasteiger partial charge on any atom is -0.494 e. The van der Waals surface area contributed by atoms with Crippen molar-refractivity contribution in [3.63, 3.8) is 0 Å². The molecule has 5 rings (SSSR count). The molecular formula is C27H30N4O7S. The molecule has 2 atom stereocenters. The van der Waals surface area contributed by atoms with E-state index in [4.69, 9.17) is 18.6 Å². The Morgan fingerprint density at radius 2 is 1.85 bits per heavy atom. The lowest BCUT2D eigenvalue weighted by Crippen LogP contribution is -2.29. The quantitative estimate of drug-likeness (QED) is 0.326. The fourth-order valence-corrected chi connectivity index (χ4v) is 6.02. The van der Waals surface area contributed by atoms with Crippen LogP contribution in [0.3, 0.4) is 0 Å². The Labute approximate surface area is 226 Å². The maximum Gasteiger partial charge on any atom is 0.204 e. The predicted octanol–water partition coefficient (Wildman–Crippen LogP) is 3.61. The van der Waals surface area contributed by atoms with Gasteiger partial charge in [0.15, 0.2) is 21.4 Å². The molecule has 0 unspecified atom stereocenters. The van der Waals surface area contributed by atoms with Gasteiger partial charge in [0.1, 0.15) is 34.4 Å². The van der Waals surface area contributed by atoms with E-state index in [2.05, 4.69) is 15.2 Å². The van der Waals surface area contributed by atoms with Crippen LogP contribution < -0.4 is 14.2 Å². The molecule has 39 heavy (non-hydrogen) atoms. The third-order valence-electron chi connectivity index (χ3n) is 6.79. The summed E-state index contributed by atoms with van der Waals surface area (Å²) in [6, 6.07) is 10.3. The third kappa shape index (κ3) is 4.97. The van der Waals surface area contributed by atoms with Crippen LogP contribution in [0.4, 0.5) is 0 Å². The highest BCUT2D eigenvalue weighted by atomic mass is 32.2. The van der Waals surface area contributed by atoms with Crippen molar-refractivity contribution in [2.75, 3.05) is 20.8 Å². The molecule has 1 aliphatic heterocycles. The van der Waals surface area contributed by atoms with E-state index in [1.54, 1.807) is 54.1 Å². The Balaban J connectivity index is 1.57. The van der Waals surface area contributed by atoms with Crippen LogP contribution in [-0.4, -0.2) is 59.3 Å². The van der Waals surface area contributed by atoms with E-state index < -0.39 is 26.9 Å². The molecule has 4 heterocycles. The number of aliphatic hydroxyl groups excluding tert-OH is 1. The molecule has 1 N–H and O–H groups in total. The minimum atomic E-state index is -3.98. The first-order valence-electron chi connectivity index (χ1n) is 12.5. The number of furan rings is 1. The van der Waals surface area contributed by atoms with Gasteiger partial charge in [-0.1, -0.05) is 6.07 Å². The number of aryl methyl sites for hydroxylation is 2. The average Bonchev–Trinajstić information content (AvgIpc) is 3.56. The molecule has 0 aliphatic carbocycles. The van der Waals surface area contributed by atoms with Crippen molar-refractivity contribution >= 4 is 9.84 Å². The average molecular weight is 555 g/mol. The number of sulfone groups is 1. The molecule has 4 aromatic rings. The van der Waals surface area contributed by atoms with Gasteiger partial charge in [-0.15, -0.1) is 10.2 Å². The number of pyridine rings is 1. The molecule has 0 spiro atoms. The van der Waals surface area contributed by atoms with E-state index in [0.29, 0.717) is 58.7 Å². The second-order valence-electron chi connectivity index (χ2n) is 9.28. The largest absolute Gasteiger partial charge is 0.494 e. The second-order valence-corrected chi connectivity index (χ2v) is 11.6. The van der Waals surface area contributed by atoms with Crippen LogP contribution in [0.15, 0.2) is 47.0 Å². The highest BCUT2D eigenvalue weighted by Crippen LogP contribution is 2.38. The number of hydrogen-bond acceptors (Lipinski definition) is 10. The van der Waals surface area contributed by atoms with Crippen LogP contribution in [0.25, 0.3) is 17.3 Å². The highest BCUT2D eigenvalue weighted by Gasteiger charge is 2.35. The Morgan fingerprint density at radius 1 is 1.10 bits per heavy atom. The number of rotatable bonds is 9. The molecule has 0 saturated heterocycles. The number of hydrogen-bond donors (Lipinski definition) is 1. The van der Waals surface area contributed by atoms with Crippen molar-refractivity contribution in [1.29, 1.82) is 0 Å². The smallest absolute Gasteiger partial charge is 0.204 e. The molecule has 0 amide bonds. The first-order valence-corrected chi connectivity index (χ1v) is 14.2. The molecule has 0 saturated carbocycles. The molecule has 0 bridgehead atoms. The summed E-state index contributed by atoms with van der Waals surface area (Å²) in [5, 5.41) is 18.6. The lowest BCUT2D eigenvalue weighted by molar-refractivity contribution is 0.166. The van der Waals surface area contributed by atoms with Crippen LogP contribution in [0.5, 0.6) is 17.2 Å². The zero-order valence-corrected chi connectivity index (χ0v) is 22.9. The summed E-state index contributed by atoms with van der Waals surface area (Å²) in [4.78, 5) is 4.32. The number of benzene rings is 1. The van der Waals surface area contributed by atoms with Gasteiger partial charge in [-0.3, -0.25) is 9.55 Å². The third-order valence-corrected chi connectivity index (χ3v) is 8.84. The van der Waals surface area contributed by atoms with E-state index in [-0.39, 0.29) is 11.6 Å². The number of para-hydroxylation sites is 1. The fourth-order valence-electron chi connectivity index (χ4n) is 4.67. The summed E-state index contributed by atoms with van der Waals surface area (Å²) in [5.41, 5.74) is 1.53. The van der Waals surface area contributed by atoms with E-state index in [1.165, 1.54) is 21.1 Å². The van der Waals surface area contributed by atoms with Crippen molar-refractivity contribution in [1.82, 2.24) is 19.7 Å². The minimum absolute atomic E-state index is 0.105. The Hall–Kier alpha value is -3.90. The van der Waals surface area contributed by atoms with E-state index >= 15 is 0 Å². The van der Waals surface area contributed by atoms with Crippen LogP contribution in [0.2, 0.25) is 0 Å². The fraction of sp³-hybridized carbons (Fsp3) is 0.370. The number of methoxy groups -OCH3 is 2. The molecule has 206 valence electrons. The Kier molecular flexibility index (Phi) is 7.32. The highest BCUT2D eigenvalue weighted by molar-refractivity contribution is 7.91. The zero-order valence-electron chi connectivity index (χ0n) is 22.1. The predicted molar refractivity (Wildman–Crippen MR) is 142 cm³/mol. The molecule has 3 aromatic heterocycles. The van der Waals surface area contributed by atoms with Crippen molar-refractivity contribution in [3.05, 3.63) is 65.4 Å². The SMILES string of the molecule is COc1cccc(OC)c1-n1c(CS(=O)(=O)[C@@H](C)[C@@H](O)c2ccnc3c2OCCC3)nnc1-c1ccc(C)o1. The van der Waals surface area contributed by atoms with Gasteiger partial charge in [0, 0.05) is 11.8 Å². The number of nitrogens with zero attached hydrogens (tertiary/aromatic N) is 4. The van der Waals surface area contributed by atoms with Crippen LogP contribution in [0.1, 0.15) is 42.3 Å². The van der Waals surface area contributed by atoms with Crippen molar-refractivity contribution < 1.29 is 32.2 Å². The first kappa shape index (κ1) is 26.7. The van der Waals surface area contributed by atoms with Gasteiger partial charge in [-0.2, -0.15) is 0 Å². The first-order chi connectivity index (χ1) is 18.7. The second kappa shape index (κ2) is 10.7. The number of fused-ring (bicyclic) bond motifs is 1. The topological polar surface area (TPSA) is 139 Å². The van der Waals surface area contributed by atoms with Gasteiger partial charge in [0.05, 0.1) is 37.9 Å². The lowest BCUT2D eigenvalue weighted by Gasteiger charge is -2.25. The molecule has 11 nitrogen and oxygen atoms in total. The summed E-state index contributed by atoms with van der Waals surface area (Å²) in [5.74, 6) is 2.21. The zero-order chi connectivity index (χ0) is 27.7. The maximum atomic E-state index is 13.7. The van der Waals surface area contributed by atoms with Crippen molar-refractivity contribution in [2.24, 2.45) is 0 Å². The standard InChI is InChI=1S/C27H30N4O7S/c1-16-10-11-22(38-16)27-30-29-23(31(27)24-20(35-3)8-5-9-21(24)36-4)15-39(33,34)17(2)25(32)18-12-13-28-19-7-6-14-37-26(18)19/h5,8-13,17,25,32H,6-7,14-15H2,1-4H3/t17-,25+/m0/s1. The number of aliphatic hydroxyl groups is 1. The van der Waals surface area contributed by atoms with E-state index in [9.17, 15) is 13.5 Å². The molecule has 12 heteroatoms. The number of ether oxygens (including phenoxy) is 3. The summed E-state index contributed by atoms with van der Waals surface area (Å²) in [7, 11) is -0.971.